The molecule has 0 N–H and O–H groups in total. The van der Waals surface area contributed by atoms with Gasteiger partial charge in [-0.2, -0.15) is 0 Å². The zero-order chi connectivity index (χ0) is 8.69. The predicted octanol–water partition coefficient (Wildman–Crippen LogP) is 1.14. The van der Waals surface area contributed by atoms with Gasteiger partial charge in [-0.3, -0.25) is 0 Å². The topological polar surface area (TPSA) is 35.5 Å². The lowest BCUT2D eigenvalue weighted by atomic mass is 10.4. The van der Waals surface area contributed by atoms with Crippen LogP contribution in [0.4, 0.5) is 0 Å². The molecule has 0 aliphatic rings. The van der Waals surface area contributed by atoms with Crippen molar-refractivity contribution in [1.82, 2.24) is 0 Å². The highest BCUT2D eigenvalue weighted by molar-refractivity contribution is 5.70. The van der Waals surface area contributed by atoms with Crippen molar-refractivity contribution in [2.45, 2.75) is 20.0 Å². The Labute approximate surface area is 67.0 Å². The normalized spacial score (nSPS) is 12.2. The van der Waals surface area contributed by atoms with Gasteiger partial charge in [-0.15, -0.1) is 6.58 Å². The van der Waals surface area contributed by atoms with Gasteiger partial charge in [0.05, 0.1) is 12.7 Å². The third-order valence-electron chi connectivity index (χ3n) is 1.10. The molecule has 0 rings (SSSR count). The standard InChI is InChI=1S/C8H14O3/c1-4-7(3)11-6-8(9)10-5-2/h4,7H,1,5-6H2,2-3H3. The summed E-state index contributed by atoms with van der Waals surface area (Å²) in [4.78, 5) is 10.7. The van der Waals surface area contributed by atoms with Crippen molar-refractivity contribution in [3.8, 4) is 0 Å². The summed E-state index contributed by atoms with van der Waals surface area (Å²) in [5.74, 6) is -0.332. The monoisotopic (exact) mass is 158 g/mol. The highest BCUT2D eigenvalue weighted by Gasteiger charge is 2.02. The summed E-state index contributed by atoms with van der Waals surface area (Å²) < 4.78 is 9.65. The third kappa shape index (κ3) is 5.61. The van der Waals surface area contributed by atoms with E-state index in [0.29, 0.717) is 6.61 Å². The van der Waals surface area contributed by atoms with Gasteiger partial charge in [-0.25, -0.2) is 4.79 Å². The van der Waals surface area contributed by atoms with Crippen molar-refractivity contribution < 1.29 is 14.3 Å². The molecule has 1 unspecified atom stereocenters. The van der Waals surface area contributed by atoms with E-state index in [4.69, 9.17) is 4.74 Å². The van der Waals surface area contributed by atoms with E-state index in [0.717, 1.165) is 0 Å². The molecule has 0 saturated heterocycles. The molecular weight excluding hydrogens is 144 g/mol. The molecule has 0 radical (unpaired) electrons. The Morgan fingerprint density at radius 2 is 2.36 bits per heavy atom. The second-order valence-electron chi connectivity index (χ2n) is 2.06. The Morgan fingerprint density at radius 1 is 1.73 bits per heavy atom. The van der Waals surface area contributed by atoms with Gasteiger partial charge in [0.15, 0.2) is 0 Å². The number of esters is 1. The molecule has 11 heavy (non-hydrogen) atoms. The molecule has 0 aromatic heterocycles. The van der Waals surface area contributed by atoms with Crippen molar-refractivity contribution in [3.05, 3.63) is 12.7 Å². The summed E-state index contributed by atoms with van der Waals surface area (Å²) in [5, 5.41) is 0. The van der Waals surface area contributed by atoms with Gasteiger partial charge >= 0.3 is 5.97 Å². The third-order valence-corrected chi connectivity index (χ3v) is 1.10. The molecule has 0 aliphatic heterocycles. The lowest BCUT2D eigenvalue weighted by Gasteiger charge is -2.06. The van der Waals surface area contributed by atoms with Gasteiger partial charge < -0.3 is 9.47 Å². The number of carbonyl (C=O) groups is 1. The molecule has 0 spiro atoms. The number of carbonyl (C=O) groups excluding carboxylic acids is 1. The van der Waals surface area contributed by atoms with E-state index < -0.39 is 0 Å². The predicted molar refractivity (Wildman–Crippen MR) is 42.2 cm³/mol. The van der Waals surface area contributed by atoms with E-state index in [-0.39, 0.29) is 18.7 Å². The summed E-state index contributed by atoms with van der Waals surface area (Å²) in [6.07, 6.45) is 1.53. The summed E-state index contributed by atoms with van der Waals surface area (Å²) >= 11 is 0. The molecule has 0 aromatic rings. The SMILES string of the molecule is C=CC(C)OCC(=O)OCC. The van der Waals surface area contributed by atoms with Crippen molar-refractivity contribution in [3.63, 3.8) is 0 Å². The van der Waals surface area contributed by atoms with Crippen LogP contribution in [0.1, 0.15) is 13.8 Å². The summed E-state index contributed by atoms with van der Waals surface area (Å²) in [6, 6.07) is 0. The second-order valence-corrected chi connectivity index (χ2v) is 2.06. The van der Waals surface area contributed by atoms with Gasteiger partial charge in [-0.1, -0.05) is 6.08 Å². The lowest BCUT2D eigenvalue weighted by molar-refractivity contribution is -0.149. The van der Waals surface area contributed by atoms with Crippen molar-refractivity contribution in [2.24, 2.45) is 0 Å². The Kier molecular flexibility index (Phi) is 5.47. The van der Waals surface area contributed by atoms with Crippen LogP contribution in [-0.2, 0) is 14.3 Å². The van der Waals surface area contributed by atoms with Crippen LogP contribution < -0.4 is 0 Å². The average Bonchev–Trinajstić information content (AvgIpc) is 2.01. The minimum Gasteiger partial charge on any atom is -0.464 e. The fraction of sp³-hybridized carbons (Fsp3) is 0.625. The van der Waals surface area contributed by atoms with E-state index in [9.17, 15) is 4.79 Å². The Bertz CT molecular complexity index is 131. The molecule has 64 valence electrons. The Hall–Kier alpha value is -0.830. The Morgan fingerprint density at radius 3 is 2.82 bits per heavy atom. The molecule has 0 heterocycles. The van der Waals surface area contributed by atoms with E-state index >= 15 is 0 Å². The van der Waals surface area contributed by atoms with Crippen molar-refractivity contribution in [1.29, 1.82) is 0 Å². The van der Waals surface area contributed by atoms with E-state index in [1.807, 2.05) is 6.92 Å². The molecule has 0 bridgehead atoms. The number of rotatable bonds is 5. The first kappa shape index (κ1) is 10.2. The van der Waals surface area contributed by atoms with Crippen LogP contribution in [0.2, 0.25) is 0 Å². The Balaban J connectivity index is 3.37. The molecular formula is C8H14O3. The van der Waals surface area contributed by atoms with Gasteiger partial charge in [-0.05, 0) is 13.8 Å². The quantitative estimate of drug-likeness (QED) is 0.444. The summed E-state index contributed by atoms with van der Waals surface area (Å²) in [5.41, 5.74) is 0. The zero-order valence-electron chi connectivity index (χ0n) is 7.00. The zero-order valence-corrected chi connectivity index (χ0v) is 7.00. The van der Waals surface area contributed by atoms with E-state index in [2.05, 4.69) is 11.3 Å². The fourth-order valence-electron chi connectivity index (χ4n) is 0.470. The second kappa shape index (κ2) is 5.92. The molecule has 3 nitrogen and oxygen atoms in total. The number of hydrogen-bond donors (Lipinski definition) is 0. The van der Waals surface area contributed by atoms with Gasteiger partial charge in [0.2, 0.25) is 0 Å². The maximum absolute atomic E-state index is 10.7. The average molecular weight is 158 g/mol. The highest BCUT2D eigenvalue weighted by Crippen LogP contribution is 1.91. The first-order chi connectivity index (χ1) is 5.20. The number of ether oxygens (including phenoxy) is 2. The van der Waals surface area contributed by atoms with Crippen LogP contribution in [-0.4, -0.2) is 25.3 Å². The molecule has 0 fully saturated rings. The molecule has 1 atom stereocenters. The first-order valence-electron chi connectivity index (χ1n) is 3.60. The molecule has 0 aromatic carbocycles. The molecule has 0 saturated carbocycles. The van der Waals surface area contributed by atoms with Crippen LogP contribution >= 0.6 is 0 Å². The van der Waals surface area contributed by atoms with E-state index in [1.165, 1.54) is 0 Å². The van der Waals surface area contributed by atoms with Gasteiger partial charge in [0.1, 0.15) is 6.61 Å². The van der Waals surface area contributed by atoms with Crippen molar-refractivity contribution >= 4 is 5.97 Å². The smallest absolute Gasteiger partial charge is 0.332 e. The van der Waals surface area contributed by atoms with Crippen LogP contribution in [0.15, 0.2) is 12.7 Å². The van der Waals surface area contributed by atoms with Crippen LogP contribution in [0.5, 0.6) is 0 Å². The summed E-state index contributed by atoms with van der Waals surface area (Å²) in [7, 11) is 0. The van der Waals surface area contributed by atoms with Crippen molar-refractivity contribution in [2.75, 3.05) is 13.2 Å². The molecule has 3 heteroatoms. The van der Waals surface area contributed by atoms with Gasteiger partial charge in [0.25, 0.3) is 0 Å². The maximum atomic E-state index is 10.7. The fourth-order valence-corrected chi connectivity index (χ4v) is 0.470. The molecule has 0 aliphatic carbocycles. The highest BCUT2D eigenvalue weighted by atomic mass is 16.6. The minimum atomic E-state index is -0.332. The number of hydrogen-bond acceptors (Lipinski definition) is 3. The largest absolute Gasteiger partial charge is 0.464 e. The summed E-state index contributed by atoms with van der Waals surface area (Å²) in [6.45, 7) is 7.47. The van der Waals surface area contributed by atoms with E-state index in [1.54, 1.807) is 13.0 Å². The van der Waals surface area contributed by atoms with Crippen LogP contribution in [0, 0.1) is 0 Å². The maximum Gasteiger partial charge on any atom is 0.332 e. The lowest BCUT2D eigenvalue weighted by Crippen LogP contribution is -2.16. The van der Waals surface area contributed by atoms with Crippen LogP contribution in [0.25, 0.3) is 0 Å². The van der Waals surface area contributed by atoms with Gasteiger partial charge in [0, 0.05) is 0 Å². The molecule has 0 amide bonds. The van der Waals surface area contributed by atoms with Crippen LogP contribution in [0.3, 0.4) is 0 Å². The first-order valence-corrected chi connectivity index (χ1v) is 3.60. The minimum absolute atomic E-state index is 0.00102.